The van der Waals surface area contributed by atoms with Gasteiger partial charge >= 0.3 is 0 Å². The summed E-state index contributed by atoms with van der Waals surface area (Å²) in [6.07, 6.45) is 3.90. The van der Waals surface area contributed by atoms with Gasteiger partial charge in [0.2, 0.25) is 0 Å². The summed E-state index contributed by atoms with van der Waals surface area (Å²) in [7, 11) is 0. The van der Waals surface area contributed by atoms with Gasteiger partial charge in [0, 0.05) is 30.7 Å². The normalized spacial score (nSPS) is 13.0. The SMILES string of the molecule is CCSCC(C)NCc1nccn1CC. The number of hydrogen-bond donors (Lipinski definition) is 1. The van der Waals surface area contributed by atoms with Crippen LogP contribution in [0.1, 0.15) is 26.6 Å². The molecular weight excluding hydrogens is 206 g/mol. The van der Waals surface area contributed by atoms with Gasteiger partial charge in [-0.25, -0.2) is 4.98 Å². The minimum Gasteiger partial charge on any atom is -0.334 e. The minimum absolute atomic E-state index is 0.553. The summed E-state index contributed by atoms with van der Waals surface area (Å²) in [4.78, 5) is 4.33. The largest absolute Gasteiger partial charge is 0.334 e. The van der Waals surface area contributed by atoms with Gasteiger partial charge in [-0.3, -0.25) is 0 Å². The highest BCUT2D eigenvalue weighted by atomic mass is 32.2. The Morgan fingerprint density at radius 2 is 2.33 bits per heavy atom. The van der Waals surface area contributed by atoms with Gasteiger partial charge in [-0.1, -0.05) is 6.92 Å². The molecule has 15 heavy (non-hydrogen) atoms. The first kappa shape index (κ1) is 12.6. The van der Waals surface area contributed by atoms with Crippen LogP contribution in [0.15, 0.2) is 12.4 Å². The van der Waals surface area contributed by atoms with E-state index in [0.29, 0.717) is 6.04 Å². The predicted octanol–water partition coefficient (Wildman–Crippen LogP) is 2.13. The molecule has 0 aliphatic rings. The zero-order valence-electron chi connectivity index (χ0n) is 9.86. The molecule has 1 N–H and O–H groups in total. The summed E-state index contributed by atoms with van der Waals surface area (Å²) >= 11 is 1.97. The van der Waals surface area contributed by atoms with Crippen molar-refractivity contribution in [3.05, 3.63) is 18.2 Å². The first-order valence-corrected chi connectivity index (χ1v) is 6.74. The van der Waals surface area contributed by atoms with Crippen LogP contribution in [-0.2, 0) is 13.1 Å². The molecule has 0 amide bonds. The predicted molar refractivity (Wildman–Crippen MR) is 67.2 cm³/mol. The van der Waals surface area contributed by atoms with Crippen LogP contribution in [0.5, 0.6) is 0 Å². The van der Waals surface area contributed by atoms with Crippen molar-refractivity contribution in [3.8, 4) is 0 Å². The van der Waals surface area contributed by atoms with E-state index in [1.807, 2.05) is 24.2 Å². The number of aryl methyl sites for hydroxylation is 1. The first-order chi connectivity index (χ1) is 7.27. The van der Waals surface area contributed by atoms with Crippen molar-refractivity contribution in [1.29, 1.82) is 0 Å². The average Bonchev–Trinajstić information content (AvgIpc) is 2.70. The van der Waals surface area contributed by atoms with E-state index in [0.717, 1.165) is 18.9 Å². The summed E-state index contributed by atoms with van der Waals surface area (Å²) in [6, 6.07) is 0.553. The van der Waals surface area contributed by atoms with Gasteiger partial charge in [-0.15, -0.1) is 0 Å². The standard InChI is InChI=1S/C11H21N3S/c1-4-14-7-6-12-11(14)8-13-10(3)9-15-5-2/h6-7,10,13H,4-5,8-9H2,1-3H3. The van der Waals surface area contributed by atoms with Crippen LogP contribution in [0, 0.1) is 0 Å². The molecule has 0 bridgehead atoms. The lowest BCUT2D eigenvalue weighted by atomic mass is 10.4. The molecule has 1 aromatic rings. The monoisotopic (exact) mass is 227 g/mol. The minimum atomic E-state index is 0.553. The molecule has 0 aliphatic heterocycles. The van der Waals surface area contributed by atoms with Gasteiger partial charge in [0.15, 0.2) is 0 Å². The summed E-state index contributed by atoms with van der Waals surface area (Å²) in [5, 5.41) is 3.49. The Morgan fingerprint density at radius 3 is 3.00 bits per heavy atom. The Morgan fingerprint density at radius 1 is 1.53 bits per heavy atom. The van der Waals surface area contributed by atoms with E-state index in [2.05, 4.69) is 35.6 Å². The fourth-order valence-corrected chi connectivity index (χ4v) is 2.12. The summed E-state index contributed by atoms with van der Waals surface area (Å²) in [5.74, 6) is 3.49. The second-order valence-corrected chi connectivity index (χ2v) is 4.89. The lowest BCUT2D eigenvalue weighted by Crippen LogP contribution is -2.29. The first-order valence-electron chi connectivity index (χ1n) is 5.59. The molecule has 1 unspecified atom stereocenters. The van der Waals surface area contributed by atoms with Crippen molar-refractivity contribution >= 4 is 11.8 Å². The van der Waals surface area contributed by atoms with Crippen LogP contribution in [0.3, 0.4) is 0 Å². The van der Waals surface area contributed by atoms with E-state index in [1.165, 1.54) is 11.5 Å². The maximum atomic E-state index is 4.33. The zero-order chi connectivity index (χ0) is 11.1. The van der Waals surface area contributed by atoms with Crippen molar-refractivity contribution in [1.82, 2.24) is 14.9 Å². The lowest BCUT2D eigenvalue weighted by Gasteiger charge is -2.13. The van der Waals surface area contributed by atoms with Crippen LogP contribution >= 0.6 is 11.8 Å². The molecule has 0 fully saturated rings. The molecule has 1 rings (SSSR count). The molecule has 0 aliphatic carbocycles. The van der Waals surface area contributed by atoms with Gasteiger partial charge in [0.25, 0.3) is 0 Å². The fourth-order valence-electron chi connectivity index (χ4n) is 1.41. The van der Waals surface area contributed by atoms with Gasteiger partial charge in [0.05, 0.1) is 6.54 Å². The number of hydrogen-bond acceptors (Lipinski definition) is 3. The molecule has 0 aromatic carbocycles. The second kappa shape index (κ2) is 6.90. The molecule has 86 valence electrons. The summed E-state index contributed by atoms with van der Waals surface area (Å²) in [6.45, 7) is 8.42. The van der Waals surface area contributed by atoms with Gasteiger partial charge in [0.1, 0.15) is 5.82 Å². The van der Waals surface area contributed by atoms with Crippen LogP contribution in [0.2, 0.25) is 0 Å². The van der Waals surface area contributed by atoms with Crippen LogP contribution in [0.25, 0.3) is 0 Å². The molecule has 1 atom stereocenters. The zero-order valence-corrected chi connectivity index (χ0v) is 10.7. The molecule has 4 heteroatoms. The number of nitrogens with zero attached hydrogens (tertiary/aromatic N) is 2. The average molecular weight is 227 g/mol. The number of rotatable bonds is 7. The lowest BCUT2D eigenvalue weighted by molar-refractivity contribution is 0.556. The maximum Gasteiger partial charge on any atom is 0.122 e. The van der Waals surface area contributed by atoms with Crippen LogP contribution in [-0.4, -0.2) is 27.1 Å². The molecule has 0 radical (unpaired) electrons. The van der Waals surface area contributed by atoms with Crippen molar-refractivity contribution in [2.24, 2.45) is 0 Å². The van der Waals surface area contributed by atoms with Crippen LogP contribution in [0.4, 0.5) is 0 Å². The molecule has 0 saturated carbocycles. The van der Waals surface area contributed by atoms with Gasteiger partial charge < -0.3 is 9.88 Å². The van der Waals surface area contributed by atoms with E-state index < -0.39 is 0 Å². The quantitative estimate of drug-likeness (QED) is 0.774. The van der Waals surface area contributed by atoms with Crippen molar-refractivity contribution in [2.45, 2.75) is 39.9 Å². The highest BCUT2D eigenvalue weighted by Crippen LogP contribution is 2.03. The van der Waals surface area contributed by atoms with Crippen molar-refractivity contribution < 1.29 is 0 Å². The van der Waals surface area contributed by atoms with Gasteiger partial charge in [-0.05, 0) is 19.6 Å². The third-order valence-electron chi connectivity index (χ3n) is 2.32. The molecule has 0 spiro atoms. The highest BCUT2D eigenvalue weighted by Gasteiger charge is 2.04. The number of imidazole rings is 1. The van der Waals surface area contributed by atoms with E-state index in [1.54, 1.807) is 0 Å². The number of thioether (sulfide) groups is 1. The van der Waals surface area contributed by atoms with Gasteiger partial charge in [-0.2, -0.15) is 11.8 Å². The number of nitrogens with one attached hydrogen (secondary N) is 1. The molecule has 0 saturated heterocycles. The Labute approximate surface area is 96.7 Å². The smallest absolute Gasteiger partial charge is 0.122 e. The Balaban J connectivity index is 2.30. The molecule has 1 aromatic heterocycles. The van der Waals surface area contributed by atoms with E-state index in [9.17, 15) is 0 Å². The van der Waals surface area contributed by atoms with E-state index in [4.69, 9.17) is 0 Å². The second-order valence-electron chi connectivity index (χ2n) is 3.57. The summed E-state index contributed by atoms with van der Waals surface area (Å²) in [5.41, 5.74) is 0. The highest BCUT2D eigenvalue weighted by molar-refractivity contribution is 7.99. The van der Waals surface area contributed by atoms with E-state index in [-0.39, 0.29) is 0 Å². The van der Waals surface area contributed by atoms with E-state index >= 15 is 0 Å². The molecular formula is C11H21N3S. The van der Waals surface area contributed by atoms with Crippen molar-refractivity contribution in [2.75, 3.05) is 11.5 Å². The Kier molecular flexibility index (Phi) is 5.79. The molecule has 3 nitrogen and oxygen atoms in total. The fraction of sp³-hybridized carbons (Fsp3) is 0.727. The summed E-state index contributed by atoms with van der Waals surface area (Å²) < 4.78 is 2.17. The van der Waals surface area contributed by atoms with Crippen LogP contribution < -0.4 is 5.32 Å². The molecule has 1 heterocycles. The maximum absolute atomic E-state index is 4.33. The Hall–Kier alpha value is -0.480. The topological polar surface area (TPSA) is 29.9 Å². The third-order valence-corrected chi connectivity index (χ3v) is 3.47. The van der Waals surface area contributed by atoms with Crippen molar-refractivity contribution in [3.63, 3.8) is 0 Å². The number of aromatic nitrogens is 2. The Bertz CT molecular complexity index is 273. The third kappa shape index (κ3) is 4.26.